The summed E-state index contributed by atoms with van der Waals surface area (Å²) in [6, 6.07) is 0. The van der Waals surface area contributed by atoms with Crippen molar-refractivity contribution in [1.29, 1.82) is 0 Å². The zero-order valence-electron chi connectivity index (χ0n) is 11.9. The maximum absolute atomic E-state index is 12.0. The number of ether oxygens (including phenoxy) is 1. The number of carbonyl (C=O) groups is 1. The van der Waals surface area contributed by atoms with E-state index in [2.05, 4.69) is 4.74 Å². The maximum atomic E-state index is 12.0. The summed E-state index contributed by atoms with van der Waals surface area (Å²) in [5.74, 6) is -1.31. The van der Waals surface area contributed by atoms with Crippen LogP contribution in [0.5, 0.6) is 0 Å². The summed E-state index contributed by atoms with van der Waals surface area (Å²) in [5.41, 5.74) is -0.564. The molecule has 0 spiro atoms. The molecule has 0 rings (SSSR count). The first-order chi connectivity index (χ1) is 7.72. The van der Waals surface area contributed by atoms with Crippen molar-refractivity contribution in [2.45, 2.75) is 54.1 Å². The Morgan fingerprint density at radius 1 is 1.06 bits per heavy atom. The van der Waals surface area contributed by atoms with Crippen molar-refractivity contribution >= 4 is 5.97 Å². The van der Waals surface area contributed by atoms with Gasteiger partial charge in [-0.3, -0.25) is 4.79 Å². The number of hydrogen-bond donors (Lipinski definition) is 0. The van der Waals surface area contributed by atoms with Crippen LogP contribution in [0.3, 0.4) is 0 Å². The maximum Gasteiger partial charge on any atom is 0.422 e. The quantitative estimate of drug-likeness (QED) is 0.717. The normalized spacial score (nSPS) is 15.4. The van der Waals surface area contributed by atoms with E-state index >= 15 is 0 Å². The molecule has 1 unspecified atom stereocenters. The summed E-state index contributed by atoms with van der Waals surface area (Å²) >= 11 is 0. The summed E-state index contributed by atoms with van der Waals surface area (Å²) in [6.45, 7) is 9.83. The van der Waals surface area contributed by atoms with Crippen LogP contribution in [-0.4, -0.2) is 18.8 Å². The van der Waals surface area contributed by atoms with Crippen molar-refractivity contribution in [1.82, 2.24) is 0 Å². The lowest BCUT2D eigenvalue weighted by molar-refractivity contribution is -0.192. The fourth-order valence-corrected chi connectivity index (χ4v) is 1.61. The Morgan fingerprint density at radius 3 is 1.78 bits per heavy atom. The van der Waals surface area contributed by atoms with Gasteiger partial charge >= 0.3 is 12.1 Å². The molecule has 0 aliphatic heterocycles. The first-order valence-electron chi connectivity index (χ1n) is 5.96. The predicted molar refractivity (Wildman–Crippen MR) is 64.0 cm³/mol. The molecular weight excluding hydrogens is 245 g/mol. The van der Waals surface area contributed by atoms with E-state index in [1.165, 1.54) is 0 Å². The lowest BCUT2D eigenvalue weighted by Crippen LogP contribution is -2.35. The van der Waals surface area contributed by atoms with Gasteiger partial charge in [-0.05, 0) is 17.3 Å². The van der Waals surface area contributed by atoms with Gasteiger partial charge in [0.15, 0.2) is 6.61 Å². The van der Waals surface area contributed by atoms with Gasteiger partial charge in [0.1, 0.15) is 0 Å². The molecule has 0 N–H and O–H groups in total. The van der Waals surface area contributed by atoms with Gasteiger partial charge in [-0.15, -0.1) is 0 Å². The highest BCUT2D eigenvalue weighted by molar-refractivity contribution is 5.73. The molecule has 0 heterocycles. The Morgan fingerprint density at radius 2 is 1.50 bits per heavy atom. The summed E-state index contributed by atoms with van der Waals surface area (Å²) in [6.07, 6.45) is -3.98. The Hall–Kier alpha value is -0.740. The molecule has 0 saturated heterocycles. The Kier molecular flexibility index (Phi) is 5.27. The van der Waals surface area contributed by atoms with Gasteiger partial charge in [-0.2, -0.15) is 13.2 Å². The summed E-state index contributed by atoms with van der Waals surface area (Å²) in [4.78, 5) is 11.8. The molecule has 0 radical (unpaired) electrons. The zero-order valence-corrected chi connectivity index (χ0v) is 11.9. The molecule has 0 aromatic carbocycles. The van der Waals surface area contributed by atoms with Crippen molar-refractivity contribution in [3.63, 3.8) is 0 Å². The molecule has 0 aromatic rings. The molecule has 0 aromatic heterocycles. The van der Waals surface area contributed by atoms with Crippen LogP contribution in [-0.2, 0) is 9.53 Å². The number of esters is 1. The SMILES string of the molecule is CC(C)(C)CC(C(=O)OCC(F)(F)F)C(C)(C)C. The fraction of sp³-hybridized carbons (Fsp3) is 0.923. The van der Waals surface area contributed by atoms with Crippen LogP contribution in [0.4, 0.5) is 13.2 Å². The standard InChI is InChI=1S/C13H23F3O2/c1-11(2,3)7-9(12(4,5)6)10(17)18-8-13(14,15)16/h9H,7-8H2,1-6H3. The molecule has 0 saturated carbocycles. The first-order valence-corrected chi connectivity index (χ1v) is 5.96. The highest BCUT2D eigenvalue weighted by Crippen LogP contribution is 2.37. The van der Waals surface area contributed by atoms with E-state index in [4.69, 9.17) is 0 Å². The molecule has 2 nitrogen and oxygen atoms in total. The van der Waals surface area contributed by atoms with Crippen molar-refractivity contribution in [2.24, 2.45) is 16.7 Å². The van der Waals surface area contributed by atoms with E-state index < -0.39 is 30.1 Å². The third-order valence-corrected chi connectivity index (χ3v) is 2.52. The van der Waals surface area contributed by atoms with Gasteiger partial charge in [-0.1, -0.05) is 41.5 Å². The number of carbonyl (C=O) groups excluding carboxylic acids is 1. The Labute approximate surface area is 107 Å². The van der Waals surface area contributed by atoms with E-state index in [1.54, 1.807) is 0 Å². The van der Waals surface area contributed by atoms with Crippen molar-refractivity contribution in [3.8, 4) is 0 Å². The van der Waals surface area contributed by atoms with Crippen molar-refractivity contribution in [3.05, 3.63) is 0 Å². The van der Waals surface area contributed by atoms with Crippen molar-refractivity contribution < 1.29 is 22.7 Å². The van der Waals surface area contributed by atoms with Crippen LogP contribution in [0.25, 0.3) is 0 Å². The molecule has 1 atom stereocenters. The molecule has 18 heavy (non-hydrogen) atoms. The van der Waals surface area contributed by atoms with E-state index in [0.717, 1.165) is 0 Å². The summed E-state index contributed by atoms with van der Waals surface area (Å²) < 4.78 is 40.5. The van der Waals surface area contributed by atoms with Gasteiger partial charge in [0.05, 0.1) is 5.92 Å². The molecule has 0 aliphatic carbocycles. The number of alkyl halides is 3. The number of hydrogen-bond acceptors (Lipinski definition) is 2. The Balaban J connectivity index is 4.73. The lowest BCUT2D eigenvalue weighted by atomic mass is 9.72. The highest BCUT2D eigenvalue weighted by Gasteiger charge is 2.38. The minimum Gasteiger partial charge on any atom is -0.456 e. The first kappa shape index (κ1) is 17.3. The second kappa shape index (κ2) is 5.49. The lowest BCUT2D eigenvalue weighted by Gasteiger charge is -2.33. The van der Waals surface area contributed by atoms with Gasteiger partial charge in [0.2, 0.25) is 0 Å². The van der Waals surface area contributed by atoms with E-state index in [0.29, 0.717) is 6.42 Å². The van der Waals surface area contributed by atoms with E-state index in [9.17, 15) is 18.0 Å². The minimum atomic E-state index is -4.47. The fourth-order valence-electron chi connectivity index (χ4n) is 1.61. The van der Waals surface area contributed by atoms with E-state index in [-0.39, 0.29) is 5.41 Å². The van der Waals surface area contributed by atoms with Crippen LogP contribution >= 0.6 is 0 Å². The average Bonchev–Trinajstić information content (AvgIpc) is 2.06. The molecule has 0 bridgehead atoms. The van der Waals surface area contributed by atoms with Crippen LogP contribution in [0.15, 0.2) is 0 Å². The third kappa shape index (κ3) is 7.56. The second-order valence-electron chi connectivity index (χ2n) is 6.91. The summed E-state index contributed by atoms with van der Waals surface area (Å²) in [7, 11) is 0. The highest BCUT2D eigenvalue weighted by atomic mass is 19.4. The molecule has 0 amide bonds. The summed E-state index contributed by atoms with van der Waals surface area (Å²) in [5, 5.41) is 0. The van der Waals surface area contributed by atoms with Crippen LogP contribution in [0.2, 0.25) is 0 Å². The predicted octanol–water partition coefficient (Wildman–Crippen LogP) is 4.19. The number of rotatable bonds is 3. The molecule has 108 valence electrons. The third-order valence-electron chi connectivity index (χ3n) is 2.52. The van der Waals surface area contributed by atoms with Crippen LogP contribution in [0.1, 0.15) is 48.0 Å². The smallest absolute Gasteiger partial charge is 0.422 e. The second-order valence-corrected chi connectivity index (χ2v) is 6.91. The largest absolute Gasteiger partial charge is 0.456 e. The topological polar surface area (TPSA) is 26.3 Å². The average molecular weight is 268 g/mol. The van der Waals surface area contributed by atoms with E-state index in [1.807, 2.05) is 41.5 Å². The monoisotopic (exact) mass is 268 g/mol. The van der Waals surface area contributed by atoms with Gasteiger partial charge in [-0.25, -0.2) is 0 Å². The minimum absolute atomic E-state index is 0.144. The van der Waals surface area contributed by atoms with Crippen molar-refractivity contribution in [2.75, 3.05) is 6.61 Å². The zero-order chi connectivity index (χ0) is 14.8. The molecule has 5 heteroatoms. The molecule has 0 fully saturated rings. The molecular formula is C13H23F3O2. The van der Waals surface area contributed by atoms with Crippen LogP contribution < -0.4 is 0 Å². The van der Waals surface area contributed by atoms with Crippen LogP contribution in [0, 0.1) is 16.7 Å². The Bertz CT molecular complexity index is 282. The molecule has 0 aliphatic rings. The van der Waals surface area contributed by atoms with Gasteiger partial charge < -0.3 is 4.74 Å². The van der Waals surface area contributed by atoms with Gasteiger partial charge in [0, 0.05) is 0 Å². The number of halogens is 3. The van der Waals surface area contributed by atoms with Gasteiger partial charge in [0.25, 0.3) is 0 Å².